The van der Waals surface area contributed by atoms with E-state index in [4.69, 9.17) is 21.1 Å². The monoisotopic (exact) mass is 543 g/mol. The molecule has 3 amide bonds. The van der Waals surface area contributed by atoms with Crippen molar-refractivity contribution in [3.8, 4) is 5.75 Å². The molecule has 0 aliphatic carbocycles. The van der Waals surface area contributed by atoms with E-state index in [9.17, 15) is 9.59 Å². The molecule has 4 rings (SSSR count). The van der Waals surface area contributed by atoms with Crippen molar-refractivity contribution >= 4 is 46.3 Å². The highest BCUT2D eigenvalue weighted by molar-refractivity contribution is 7.09. The summed E-state index contributed by atoms with van der Waals surface area (Å²) in [7, 11) is 3.25. The molecule has 1 aliphatic heterocycles. The van der Waals surface area contributed by atoms with E-state index in [1.165, 1.54) is 11.3 Å². The molecule has 196 valence electrons. The second kappa shape index (κ2) is 12.8. The van der Waals surface area contributed by atoms with Crippen molar-refractivity contribution in [2.24, 2.45) is 0 Å². The second-order valence-corrected chi connectivity index (χ2v) is 9.81. The zero-order valence-electron chi connectivity index (χ0n) is 20.9. The Morgan fingerprint density at radius 1 is 1.08 bits per heavy atom. The zero-order valence-corrected chi connectivity index (χ0v) is 22.4. The largest absolute Gasteiger partial charge is 0.495 e. The number of amides is 3. The van der Waals surface area contributed by atoms with Crippen LogP contribution in [-0.2, 0) is 11.3 Å². The van der Waals surface area contributed by atoms with Gasteiger partial charge in [0, 0.05) is 55.9 Å². The van der Waals surface area contributed by atoms with Crippen LogP contribution in [0, 0.1) is 0 Å². The number of rotatable bonds is 9. The number of nitrogens with one attached hydrogen (secondary N) is 1. The smallest absolute Gasteiger partial charge is 0.322 e. The summed E-state index contributed by atoms with van der Waals surface area (Å²) in [5, 5.41) is 5.90. The van der Waals surface area contributed by atoms with Crippen LogP contribution in [0.25, 0.3) is 0 Å². The van der Waals surface area contributed by atoms with E-state index in [1.807, 2.05) is 29.2 Å². The van der Waals surface area contributed by atoms with E-state index in [1.54, 1.807) is 48.8 Å². The number of benzene rings is 2. The third-order valence-corrected chi connectivity index (χ3v) is 7.12. The summed E-state index contributed by atoms with van der Waals surface area (Å²) >= 11 is 7.30. The average molecular weight is 544 g/mol. The minimum atomic E-state index is -0.282. The van der Waals surface area contributed by atoms with Crippen molar-refractivity contribution in [3.63, 3.8) is 0 Å². The van der Waals surface area contributed by atoms with Gasteiger partial charge in [-0.05, 0) is 36.4 Å². The van der Waals surface area contributed by atoms with Crippen LogP contribution in [0.4, 0.5) is 16.2 Å². The molecule has 9 nitrogen and oxygen atoms in total. The molecule has 0 bridgehead atoms. The molecule has 1 N–H and O–H groups in total. The first-order chi connectivity index (χ1) is 18.0. The molecular weight excluding hydrogens is 514 g/mol. The van der Waals surface area contributed by atoms with E-state index in [2.05, 4.69) is 15.2 Å². The zero-order chi connectivity index (χ0) is 26.2. The lowest BCUT2D eigenvalue weighted by molar-refractivity contribution is 0.0741. The van der Waals surface area contributed by atoms with Crippen LogP contribution < -0.4 is 15.0 Å². The summed E-state index contributed by atoms with van der Waals surface area (Å²) in [4.78, 5) is 36.3. The number of carbonyl (C=O) groups excluding carboxylic acids is 2. The van der Waals surface area contributed by atoms with Gasteiger partial charge in [-0.25, -0.2) is 9.78 Å². The number of anilines is 2. The van der Waals surface area contributed by atoms with E-state index >= 15 is 0 Å². The van der Waals surface area contributed by atoms with Crippen LogP contribution in [0.15, 0.2) is 53.9 Å². The maximum Gasteiger partial charge on any atom is 0.322 e. The Morgan fingerprint density at radius 3 is 2.51 bits per heavy atom. The fourth-order valence-electron chi connectivity index (χ4n) is 4.04. The third kappa shape index (κ3) is 6.91. The van der Waals surface area contributed by atoms with E-state index < -0.39 is 0 Å². The molecule has 0 saturated carbocycles. The fourth-order valence-corrected chi connectivity index (χ4v) is 4.95. The van der Waals surface area contributed by atoms with Crippen LogP contribution in [0.5, 0.6) is 5.75 Å². The van der Waals surface area contributed by atoms with Gasteiger partial charge >= 0.3 is 6.03 Å². The minimum absolute atomic E-state index is 0.101. The van der Waals surface area contributed by atoms with Crippen molar-refractivity contribution in [2.45, 2.75) is 6.54 Å². The van der Waals surface area contributed by atoms with Crippen LogP contribution in [0.1, 0.15) is 15.5 Å². The first kappa shape index (κ1) is 26.7. The number of halogens is 1. The molecular formula is C26H30ClN5O4S. The summed E-state index contributed by atoms with van der Waals surface area (Å²) in [5.74, 6) is 0.723. The topological polar surface area (TPSA) is 87.2 Å². The predicted octanol–water partition coefficient (Wildman–Crippen LogP) is 4.45. The predicted molar refractivity (Wildman–Crippen MR) is 146 cm³/mol. The lowest BCUT2D eigenvalue weighted by Crippen LogP contribution is -2.49. The molecule has 1 aromatic heterocycles. The van der Waals surface area contributed by atoms with E-state index in [0.717, 1.165) is 11.4 Å². The van der Waals surface area contributed by atoms with Gasteiger partial charge in [-0.2, -0.15) is 0 Å². The Morgan fingerprint density at radius 2 is 1.81 bits per heavy atom. The summed E-state index contributed by atoms with van der Waals surface area (Å²) in [6.07, 6.45) is 0. The van der Waals surface area contributed by atoms with Crippen molar-refractivity contribution in [1.29, 1.82) is 0 Å². The Bertz CT molecular complexity index is 1200. The quantitative estimate of drug-likeness (QED) is 0.429. The van der Waals surface area contributed by atoms with Crippen LogP contribution in [0.2, 0.25) is 5.02 Å². The molecule has 0 unspecified atom stereocenters. The first-order valence-electron chi connectivity index (χ1n) is 11.9. The lowest BCUT2D eigenvalue weighted by atomic mass is 10.2. The third-order valence-electron chi connectivity index (χ3n) is 6.04. The summed E-state index contributed by atoms with van der Waals surface area (Å²) in [5.41, 5.74) is 2.07. The molecule has 3 aromatic rings. The normalized spacial score (nSPS) is 13.4. The van der Waals surface area contributed by atoms with Gasteiger partial charge < -0.3 is 29.5 Å². The van der Waals surface area contributed by atoms with Gasteiger partial charge in [0.05, 0.1) is 25.9 Å². The molecule has 37 heavy (non-hydrogen) atoms. The number of para-hydroxylation sites is 2. The number of urea groups is 1. The standard InChI is InChI=1S/C26H30ClN5O4S/c1-35-16-15-32(26(34)28-20-9-7-19(27)8-10-20)17-24-29-21(18-37-24)25(33)31-13-11-30(12-14-31)22-5-3-4-6-23(22)36-2/h3-10,18H,11-17H2,1-2H3,(H,28,34). The molecule has 11 heteroatoms. The summed E-state index contributed by atoms with van der Waals surface area (Å²) < 4.78 is 10.7. The number of hydrogen-bond donors (Lipinski definition) is 1. The molecule has 2 aromatic carbocycles. The van der Waals surface area contributed by atoms with Gasteiger partial charge in [-0.3, -0.25) is 4.79 Å². The van der Waals surface area contributed by atoms with Crippen molar-refractivity contribution in [2.75, 3.05) is 63.8 Å². The number of ether oxygens (including phenoxy) is 2. The highest BCUT2D eigenvalue weighted by Crippen LogP contribution is 2.28. The van der Waals surface area contributed by atoms with Crippen LogP contribution in [0.3, 0.4) is 0 Å². The Kier molecular flexibility index (Phi) is 9.21. The Labute approximate surface area is 225 Å². The number of piperazine rings is 1. The molecule has 0 spiro atoms. The van der Waals surface area contributed by atoms with Gasteiger partial charge in [-0.15, -0.1) is 11.3 Å². The van der Waals surface area contributed by atoms with E-state index in [-0.39, 0.29) is 18.5 Å². The number of aromatic nitrogens is 1. The molecule has 1 aliphatic rings. The van der Waals surface area contributed by atoms with Crippen LogP contribution in [-0.4, -0.2) is 80.3 Å². The number of thiazole rings is 1. The molecule has 0 radical (unpaired) electrons. The SMILES string of the molecule is COCCN(Cc1nc(C(=O)N2CCN(c3ccccc3OC)CC2)cs1)C(=O)Nc1ccc(Cl)cc1. The maximum atomic E-state index is 13.1. The lowest BCUT2D eigenvalue weighted by Gasteiger charge is -2.36. The number of hydrogen-bond acceptors (Lipinski definition) is 7. The maximum absolute atomic E-state index is 13.1. The van der Waals surface area contributed by atoms with Crippen molar-refractivity contribution in [3.05, 3.63) is 69.6 Å². The first-order valence-corrected chi connectivity index (χ1v) is 13.2. The number of nitrogens with zero attached hydrogens (tertiary/aromatic N) is 4. The number of methoxy groups -OCH3 is 2. The van der Waals surface area contributed by atoms with Crippen molar-refractivity contribution in [1.82, 2.24) is 14.8 Å². The van der Waals surface area contributed by atoms with Crippen LogP contribution >= 0.6 is 22.9 Å². The molecule has 1 fully saturated rings. The molecule has 0 atom stereocenters. The van der Waals surface area contributed by atoms with Gasteiger partial charge in [0.1, 0.15) is 16.5 Å². The average Bonchev–Trinajstić information content (AvgIpc) is 3.40. The summed E-state index contributed by atoms with van der Waals surface area (Å²) in [6.45, 7) is 3.62. The van der Waals surface area contributed by atoms with Gasteiger partial charge in [0.2, 0.25) is 0 Å². The minimum Gasteiger partial charge on any atom is -0.495 e. The highest BCUT2D eigenvalue weighted by atomic mass is 35.5. The molecule has 1 saturated heterocycles. The fraction of sp³-hybridized carbons (Fsp3) is 0.346. The van der Waals surface area contributed by atoms with Crippen molar-refractivity contribution < 1.29 is 19.1 Å². The highest BCUT2D eigenvalue weighted by Gasteiger charge is 2.26. The Hall–Kier alpha value is -3.34. The number of carbonyl (C=O) groups is 2. The van der Waals surface area contributed by atoms with Gasteiger partial charge in [0.15, 0.2) is 0 Å². The molecule has 2 heterocycles. The van der Waals surface area contributed by atoms with Gasteiger partial charge in [-0.1, -0.05) is 23.7 Å². The summed E-state index contributed by atoms with van der Waals surface area (Å²) in [6, 6.07) is 14.5. The second-order valence-electron chi connectivity index (χ2n) is 8.43. The van der Waals surface area contributed by atoms with Gasteiger partial charge in [0.25, 0.3) is 5.91 Å². The van der Waals surface area contributed by atoms with E-state index in [0.29, 0.717) is 60.7 Å². The Balaban J connectivity index is 1.36.